The van der Waals surface area contributed by atoms with E-state index in [2.05, 4.69) is 42.3 Å². The van der Waals surface area contributed by atoms with Gasteiger partial charge in [-0.05, 0) is 11.6 Å². The summed E-state index contributed by atoms with van der Waals surface area (Å²) < 4.78 is 11.7. The molecule has 2 aromatic rings. The van der Waals surface area contributed by atoms with Gasteiger partial charge in [0, 0.05) is 18.4 Å². The first-order valence-electron chi connectivity index (χ1n) is 8.06. The monoisotopic (exact) mass is 308 g/mol. The van der Waals surface area contributed by atoms with Gasteiger partial charge in [0.2, 0.25) is 0 Å². The van der Waals surface area contributed by atoms with Crippen LogP contribution in [0.15, 0.2) is 53.6 Å². The Morgan fingerprint density at radius 1 is 1.17 bits per heavy atom. The number of nitrogens with zero attached hydrogens (tertiary/aromatic N) is 2. The molecular weight excluding hydrogens is 288 g/mol. The Balaban J connectivity index is 1.76. The van der Waals surface area contributed by atoms with E-state index >= 15 is 0 Å². The van der Waals surface area contributed by atoms with E-state index in [1.807, 2.05) is 18.2 Å². The summed E-state index contributed by atoms with van der Waals surface area (Å²) in [4.78, 5) is 0. The predicted molar refractivity (Wildman–Crippen MR) is 89.9 cm³/mol. The van der Waals surface area contributed by atoms with Crippen molar-refractivity contribution >= 4 is 5.71 Å². The van der Waals surface area contributed by atoms with E-state index in [1.165, 1.54) is 5.56 Å². The summed E-state index contributed by atoms with van der Waals surface area (Å²) >= 11 is 0. The number of hydrogen-bond donors (Lipinski definition) is 0. The van der Waals surface area contributed by atoms with Crippen LogP contribution >= 0.6 is 0 Å². The van der Waals surface area contributed by atoms with E-state index in [-0.39, 0.29) is 12.3 Å². The quantitative estimate of drug-likeness (QED) is 0.860. The highest BCUT2D eigenvalue weighted by molar-refractivity contribution is 6.01. The Morgan fingerprint density at radius 2 is 2.00 bits per heavy atom. The lowest BCUT2D eigenvalue weighted by atomic mass is 9.96. The van der Waals surface area contributed by atoms with Crippen molar-refractivity contribution in [2.75, 3.05) is 7.11 Å². The van der Waals surface area contributed by atoms with Gasteiger partial charge in [0.15, 0.2) is 17.7 Å². The summed E-state index contributed by atoms with van der Waals surface area (Å²) in [7, 11) is 1.69. The highest BCUT2D eigenvalue weighted by Crippen LogP contribution is 2.47. The summed E-state index contributed by atoms with van der Waals surface area (Å²) in [6, 6.07) is 16.7. The predicted octanol–water partition coefficient (Wildman–Crippen LogP) is 3.97. The minimum Gasteiger partial charge on any atom is -0.493 e. The molecule has 4 heteroatoms. The molecule has 4 nitrogen and oxygen atoms in total. The third kappa shape index (κ3) is 2.25. The second-order valence-electron chi connectivity index (χ2n) is 5.87. The Labute approximate surface area is 136 Å². The molecule has 4 rings (SSSR count). The summed E-state index contributed by atoms with van der Waals surface area (Å²) in [6.07, 6.45) is 1.72. The molecule has 2 unspecified atom stereocenters. The van der Waals surface area contributed by atoms with Crippen molar-refractivity contribution < 1.29 is 9.47 Å². The molecule has 0 saturated carbocycles. The maximum absolute atomic E-state index is 6.20. The Kier molecular flexibility index (Phi) is 3.45. The standard InChI is InChI=1S/C19H20N2O2/c1-3-18-21-16(12-15(20-21)13-8-5-4-6-9-13)14-10-7-11-17(22-2)19(14)23-18/h4-11,16,18H,3,12H2,1-2H3. The Morgan fingerprint density at radius 3 is 2.74 bits per heavy atom. The maximum Gasteiger partial charge on any atom is 0.187 e. The molecule has 2 aromatic carbocycles. The third-order valence-corrected chi connectivity index (χ3v) is 4.54. The number of hydrazone groups is 1. The smallest absolute Gasteiger partial charge is 0.187 e. The van der Waals surface area contributed by atoms with Crippen LogP contribution in [0.2, 0.25) is 0 Å². The van der Waals surface area contributed by atoms with Crippen molar-refractivity contribution in [1.82, 2.24) is 5.01 Å². The fourth-order valence-electron chi connectivity index (χ4n) is 3.39. The molecule has 23 heavy (non-hydrogen) atoms. The highest BCUT2D eigenvalue weighted by Gasteiger charge is 2.40. The molecule has 2 aliphatic rings. The van der Waals surface area contributed by atoms with E-state index in [0.29, 0.717) is 0 Å². The van der Waals surface area contributed by atoms with Crippen LogP contribution in [0.5, 0.6) is 11.5 Å². The van der Waals surface area contributed by atoms with Crippen molar-refractivity contribution in [3.05, 3.63) is 59.7 Å². The van der Waals surface area contributed by atoms with Crippen molar-refractivity contribution in [1.29, 1.82) is 0 Å². The van der Waals surface area contributed by atoms with E-state index in [4.69, 9.17) is 14.6 Å². The molecule has 0 radical (unpaired) electrons. The molecule has 2 atom stereocenters. The van der Waals surface area contributed by atoms with Gasteiger partial charge in [-0.3, -0.25) is 5.01 Å². The molecule has 0 saturated heterocycles. The number of hydrogen-bond acceptors (Lipinski definition) is 4. The normalized spacial score (nSPS) is 22.0. The largest absolute Gasteiger partial charge is 0.493 e. The van der Waals surface area contributed by atoms with Crippen LogP contribution in [0.1, 0.15) is 36.9 Å². The first-order chi connectivity index (χ1) is 11.3. The second kappa shape index (κ2) is 5.61. The molecule has 2 heterocycles. The molecule has 0 N–H and O–H groups in total. The minimum atomic E-state index is -0.0509. The third-order valence-electron chi connectivity index (χ3n) is 4.54. The van der Waals surface area contributed by atoms with Gasteiger partial charge in [-0.2, -0.15) is 5.10 Å². The average Bonchev–Trinajstić information content (AvgIpc) is 3.07. The van der Waals surface area contributed by atoms with Gasteiger partial charge in [0.05, 0.1) is 18.9 Å². The van der Waals surface area contributed by atoms with Crippen LogP contribution in [0, 0.1) is 0 Å². The van der Waals surface area contributed by atoms with Gasteiger partial charge in [0.25, 0.3) is 0 Å². The van der Waals surface area contributed by atoms with Crippen molar-refractivity contribution in [2.24, 2.45) is 5.10 Å². The number of fused-ring (bicyclic) bond motifs is 3. The zero-order valence-corrected chi connectivity index (χ0v) is 13.4. The van der Waals surface area contributed by atoms with Crippen LogP contribution in [0.25, 0.3) is 0 Å². The summed E-state index contributed by atoms with van der Waals surface area (Å²) in [5, 5.41) is 6.99. The number of para-hydroxylation sites is 1. The Bertz CT molecular complexity index is 742. The first-order valence-corrected chi connectivity index (χ1v) is 8.06. The van der Waals surface area contributed by atoms with Crippen LogP contribution < -0.4 is 9.47 Å². The molecule has 0 amide bonds. The van der Waals surface area contributed by atoms with E-state index in [9.17, 15) is 0 Å². The van der Waals surface area contributed by atoms with E-state index in [1.54, 1.807) is 7.11 Å². The summed E-state index contributed by atoms with van der Waals surface area (Å²) in [5.41, 5.74) is 3.46. The molecule has 0 fully saturated rings. The van der Waals surface area contributed by atoms with Gasteiger partial charge in [-0.25, -0.2) is 0 Å². The van der Waals surface area contributed by atoms with Gasteiger partial charge < -0.3 is 9.47 Å². The second-order valence-corrected chi connectivity index (χ2v) is 5.87. The maximum atomic E-state index is 6.20. The van der Waals surface area contributed by atoms with Crippen LogP contribution in [-0.4, -0.2) is 24.1 Å². The van der Waals surface area contributed by atoms with Crippen molar-refractivity contribution in [2.45, 2.75) is 32.0 Å². The van der Waals surface area contributed by atoms with Gasteiger partial charge >= 0.3 is 0 Å². The average molecular weight is 308 g/mol. The van der Waals surface area contributed by atoms with E-state index < -0.39 is 0 Å². The zero-order valence-electron chi connectivity index (χ0n) is 13.4. The molecule has 2 aliphatic heterocycles. The van der Waals surface area contributed by atoms with Gasteiger partial charge in [-0.1, -0.05) is 49.4 Å². The molecule has 0 spiro atoms. The number of benzene rings is 2. The van der Waals surface area contributed by atoms with E-state index in [0.717, 1.165) is 35.6 Å². The van der Waals surface area contributed by atoms with Crippen molar-refractivity contribution in [3.8, 4) is 11.5 Å². The molecule has 118 valence electrons. The molecular formula is C19H20N2O2. The molecule has 0 aromatic heterocycles. The number of methoxy groups -OCH3 is 1. The minimum absolute atomic E-state index is 0.0509. The van der Waals surface area contributed by atoms with Crippen LogP contribution in [0.3, 0.4) is 0 Å². The SMILES string of the molecule is CCC1Oc2c(OC)cccc2C2CC(c3ccccc3)=NN12. The van der Waals surface area contributed by atoms with Crippen LogP contribution in [-0.2, 0) is 0 Å². The lowest BCUT2D eigenvalue weighted by Gasteiger charge is -2.38. The number of ether oxygens (including phenoxy) is 2. The summed E-state index contributed by atoms with van der Waals surface area (Å²) in [6.45, 7) is 2.12. The highest BCUT2D eigenvalue weighted by atomic mass is 16.5. The number of rotatable bonds is 3. The zero-order chi connectivity index (χ0) is 15.8. The fraction of sp³-hybridized carbons (Fsp3) is 0.316. The fourth-order valence-corrected chi connectivity index (χ4v) is 3.39. The lowest BCUT2D eigenvalue weighted by molar-refractivity contribution is -0.0206. The van der Waals surface area contributed by atoms with Gasteiger partial charge in [-0.15, -0.1) is 0 Å². The van der Waals surface area contributed by atoms with Crippen molar-refractivity contribution in [3.63, 3.8) is 0 Å². The van der Waals surface area contributed by atoms with Crippen LogP contribution in [0.4, 0.5) is 0 Å². The van der Waals surface area contributed by atoms with Gasteiger partial charge in [0.1, 0.15) is 0 Å². The lowest BCUT2D eigenvalue weighted by Crippen LogP contribution is -2.39. The molecule has 0 aliphatic carbocycles. The Hall–Kier alpha value is -2.49. The first kappa shape index (κ1) is 14.1. The topological polar surface area (TPSA) is 34.1 Å². The molecule has 0 bridgehead atoms. The summed E-state index contributed by atoms with van der Waals surface area (Å²) in [5.74, 6) is 1.67.